The van der Waals surface area contributed by atoms with Crippen LogP contribution in [0.2, 0.25) is 0 Å². The van der Waals surface area contributed by atoms with E-state index in [-0.39, 0.29) is 24.7 Å². The number of carbonyl (C=O) groups excluding carboxylic acids is 3. The maximum absolute atomic E-state index is 11.6. The Balaban J connectivity index is 2.46. The van der Waals surface area contributed by atoms with Crippen molar-refractivity contribution < 1.29 is 19.1 Å². The standard InChI is InChI=1S/C16H22N2O4/c1-11(2)10-15(20)18-13-6-4-12(5-7-13)17-14(19)8-9-16(21)22-3/h4-7,11H,8-10H2,1-3H3,(H,17,19)(H,18,20). The van der Waals surface area contributed by atoms with Gasteiger partial charge in [-0.15, -0.1) is 0 Å². The summed E-state index contributed by atoms with van der Waals surface area (Å²) in [5.74, 6) is -0.418. The molecule has 120 valence electrons. The highest BCUT2D eigenvalue weighted by Gasteiger charge is 2.08. The summed E-state index contributed by atoms with van der Waals surface area (Å²) in [6.45, 7) is 3.96. The summed E-state index contributed by atoms with van der Waals surface area (Å²) in [5.41, 5.74) is 1.29. The Morgan fingerprint density at radius 2 is 1.45 bits per heavy atom. The predicted octanol–water partition coefficient (Wildman–Crippen LogP) is 2.56. The fraction of sp³-hybridized carbons (Fsp3) is 0.438. The number of methoxy groups -OCH3 is 1. The van der Waals surface area contributed by atoms with Crippen LogP contribution in [0.1, 0.15) is 33.1 Å². The fourth-order valence-corrected chi connectivity index (χ4v) is 1.76. The molecule has 0 unspecified atom stereocenters. The minimum absolute atomic E-state index is 0.0372. The smallest absolute Gasteiger partial charge is 0.306 e. The largest absolute Gasteiger partial charge is 0.469 e. The van der Waals surface area contributed by atoms with Crippen LogP contribution in [0.3, 0.4) is 0 Å². The maximum Gasteiger partial charge on any atom is 0.306 e. The van der Waals surface area contributed by atoms with Gasteiger partial charge in [-0.05, 0) is 30.2 Å². The van der Waals surface area contributed by atoms with Crippen LogP contribution in [-0.2, 0) is 19.1 Å². The minimum Gasteiger partial charge on any atom is -0.469 e. The zero-order chi connectivity index (χ0) is 16.5. The molecular formula is C16H22N2O4. The number of rotatable bonds is 7. The molecule has 0 bridgehead atoms. The van der Waals surface area contributed by atoms with Gasteiger partial charge in [0.2, 0.25) is 11.8 Å². The number of carbonyl (C=O) groups is 3. The molecule has 0 saturated carbocycles. The third-order valence-electron chi connectivity index (χ3n) is 2.83. The number of anilines is 2. The molecule has 0 aliphatic heterocycles. The highest BCUT2D eigenvalue weighted by atomic mass is 16.5. The Labute approximate surface area is 130 Å². The Kier molecular flexibility index (Phi) is 7.08. The van der Waals surface area contributed by atoms with E-state index in [2.05, 4.69) is 15.4 Å². The van der Waals surface area contributed by atoms with E-state index in [0.717, 1.165) is 0 Å². The summed E-state index contributed by atoms with van der Waals surface area (Å²) in [4.78, 5) is 34.2. The quantitative estimate of drug-likeness (QED) is 0.758. The molecule has 0 saturated heterocycles. The number of ether oxygens (including phenoxy) is 1. The average Bonchev–Trinajstić information content (AvgIpc) is 2.46. The second-order valence-corrected chi connectivity index (χ2v) is 5.35. The van der Waals surface area contributed by atoms with Gasteiger partial charge < -0.3 is 15.4 Å². The molecule has 2 amide bonds. The van der Waals surface area contributed by atoms with Crippen LogP contribution >= 0.6 is 0 Å². The lowest BCUT2D eigenvalue weighted by molar-refractivity contribution is -0.141. The molecule has 0 spiro atoms. The normalized spacial score (nSPS) is 10.2. The van der Waals surface area contributed by atoms with Gasteiger partial charge in [0.1, 0.15) is 0 Å². The van der Waals surface area contributed by atoms with E-state index >= 15 is 0 Å². The SMILES string of the molecule is COC(=O)CCC(=O)Nc1ccc(NC(=O)CC(C)C)cc1. The molecule has 1 aromatic rings. The van der Waals surface area contributed by atoms with Gasteiger partial charge in [0, 0.05) is 24.2 Å². The zero-order valence-electron chi connectivity index (χ0n) is 13.1. The van der Waals surface area contributed by atoms with E-state index in [9.17, 15) is 14.4 Å². The first-order chi connectivity index (χ1) is 10.4. The lowest BCUT2D eigenvalue weighted by atomic mass is 10.1. The van der Waals surface area contributed by atoms with Crippen molar-refractivity contribution in [1.29, 1.82) is 0 Å². The minimum atomic E-state index is -0.418. The van der Waals surface area contributed by atoms with E-state index < -0.39 is 5.97 Å². The van der Waals surface area contributed by atoms with E-state index in [1.807, 2.05) is 13.8 Å². The van der Waals surface area contributed by atoms with E-state index in [1.165, 1.54) is 7.11 Å². The van der Waals surface area contributed by atoms with Crippen LogP contribution in [0, 0.1) is 5.92 Å². The summed E-state index contributed by atoms with van der Waals surface area (Å²) >= 11 is 0. The van der Waals surface area contributed by atoms with Crippen molar-refractivity contribution in [3.63, 3.8) is 0 Å². The van der Waals surface area contributed by atoms with Gasteiger partial charge in [-0.1, -0.05) is 13.8 Å². The average molecular weight is 306 g/mol. The van der Waals surface area contributed by atoms with E-state index in [1.54, 1.807) is 24.3 Å². The van der Waals surface area contributed by atoms with Gasteiger partial charge >= 0.3 is 5.97 Å². The third-order valence-corrected chi connectivity index (χ3v) is 2.83. The number of nitrogens with one attached hydrogen (secondary N) is 2. The Bertz CT molecular complexity index is 523. The number of esters is 1. The summed E-state index contributed by atoms with van der Waals surface area (Å²) in [6, 6.07) is 6.82. The van der Waals surface area contributed by atoms with Gasteiger partial charge in [-0.3, -0.25) is 14.4 Å². The van der Waals surface area contributed by atoms with Crippen LogP contribution in [0.5, 0.6) is 0 Å². The summed E-state index contributed by atoms with van der Waals surface area (Å²) in [6.07, 6.45) is 0.581. The molecule has 0 fully saturated rings. The zero-order valence-corrected chi connectivity index (χ0v) is 13.1. The summed E-state index contributed by atoms with van der Waals surface area (Å²) in [5, 5.41) is 5.46. The van der Waals surface area contributed by atoms with Crippen LogP contribution in [0.25, 0.3) is 0 Å². The number of benzene rings is 1. The van der Waals surface area contributed by atoms with Crippen LogP contribution in [0.4, 0.5) is 11.4 Å². The fourth-order valence-electron chi connectivity index (χ4n) is 1.76. The molecule has 0 heterocycles. The summed E-state index contributed by atoms with van der Waals surface area (Å²) < 4.78 is 4.47. The molecule has 0 aliphatic carbocycles. The van der Waals surface area contributed by atoms with Crippen LogP contribution in [0.15, 0.2) is 24.3 Å². The van der Waals surface area contributed by atoms with Crippen molar-refractivity contribution in [2.75, 3.05) is 17.7 Å². The molecule has 0 atom stereocenters. The number of hydrogen-bond acceptors (Lipinski definition) is 4. The second kappa shape index (κ2) is 8.81. The second-order valence-electron chi connectivity index (χ2n) is 5.35. The molecule has 0 aromatic heterocycles. The predicted molar refractivity (Wildman–Crippen MR) is 84.4 cm³/mol. The van der Waals surface area contributed by atoms with Crippen molar-refractivity contribution >= 4 is 29.2 Å². The highest BCUT2D eigenvalue weighted by Crippen LogP contribution is 2.15. The van der Waals surface area contributed by atoms with Gasteiger partial charge in [0.05, 0.1) is 13.5 Å². The Morgan fingerprint density at radius 1 is 0.955 bits per heavy atom. The molecule has 22 heavy (non-hydrogen) atoms. The number of hydrogen-bond donors (Lipinski definition) is 2. The van der Waals surface area contributed by atoms with Gasteiger partial charge in [-0.2, -0.15) is 0 Å². The molecule has 0 aliphatic rings. The Hall–Kier alpha value is -2.37. The van der Waals surface area contributed by atoms with Gasteiger partial charge in [0.25, 0.3) is 0 Å². The van der Waals surface area contributed by atoms with Gasteiger partial charge in [0.15, 0.2) is 0 Å². The monoisotopic (exact) mass is 306 g/mol. The lowest BCUT2D eigenvalue weighted by Gasteiger charge is -2.09. The van der Waals surface area contributed by atoms with Gasteiger partial charge in [-0.25, -0.2) is 0 Å². The molecule has 1 aromatic carbocycles. The molecule has 1 rings (SSSR count). The van der Waals surface area contributed by atoms with E-state index in [0.29, 0.717) is 23.7 Å². The van der Waals surface area contributed by atoms with Crippen LogP contribution < -0.4 is 10.6 Å². The third kappa shape index (κ3) is 6.88. The molecular weight excluding hydrogens is 284 g/mol. The Morgan fingerprint density at radius 3 is 1.91 bits per heavy atom. The first-order valence-corrected chi connectivity index (χ1v) is 7.17. The highest BCUT2D eigenvalue weighted by molar-refractivity contribution is 5.94. The molecule has 6 heteroatoms. The summed E-state index contributed by atoms with van der Waals surface area (Å²) in [7, 11) is 1.28. The molecule has 2 N–H and O–H groups in total. The first kappa shape index (κ1) is 17.7. The van der Waals surface area contributed by atoms with Crippen molar-refractivity contribution in [3.05, 3.63) is 24.3 Å². The van der Waals surface area contributed by atoms with Crippen molar-refractivity contribution in [3.8, 4) is 0 Å². The lowest BCUT2D eigenvalue weighted by Crippen LogP contribution is -2.15. The molecule has 0 radical (unpaired) electrons. The molecule has 6 nitrogen and oxygen atoms in total. The van der Waals surface area contributed by atoms with Crippen LogP contribution in [-0.4, -0.2) is 24.9 Å². The maximum atomic E-state index is 11.6. The first-order valence-electron chi connectivity index (χ1n) is 7.17. The van der Waals surface area contributed by atoms with Crippen molar-refractivity contribution in [2.24, 2.45) is 5.92 Å². The van der Waals surface area contributed by atoms with Crippen molar-refractivity contribution in [1.82, 2.24) is 0 Å². The topological polar surface area (TPSA) is 84.5 Å². The van der Waals surface area contributed by atoms with Crippen molar-refractivity contribution in [2.45, 2.75) is 33.1 Å². The number of amides is 2. The van der Waals surface area contributed by atoms with E-state index in [4.69, 9.17) is 0 Å².